The van der Waals surface area contributed by atoms with Crippen molar-refractivity contribution in [3.05, 3.63) is 84.2 Å². The summed E-state index contributed by atoms with van der Waals surface area (Å²) in [6.07, 6.45) is -1.27. The van der Waals surface area contributed by atoms with Gasteiger partial charge < -0.3 is 9.80 Å². The van der Waals surface area contributed by atoms with Gasteiger partial charge in [-0.1, -0.05) is 30.3 Å². The monoisotopic (exact) mass is 476 g/mol. The highest BCUT2D eigenvalue weighted by atomic mass is 32.2. The zero-order valence-electron chi connectivity index (χ0n) is 17.7. The molecule has 1 aromatic heterocycles. The summed E-state index contributed by atoms with van der Waals surface area (Å²) in [5.74, 6) is -0.149. The van der Waals surface area contributed by atoms with Crippen LogP contribution in [0.4, 0.5) is 30.2 Å². The van der Waals surface area contributed by atoms with Crippen LogP contribution in [0.3, 0.4) is 0 Å². The van der Waals surface area contributed by atoms with Crippen LogP contribution in [-0.4, -0.2) is 39.6 Å². The van der Waals surface area contributed by atoms with E-state index < -0.39 is 21.8 Å². The summed E-state index contributed by atoms with van der Waals surface area (Å²) in [6.45, 7) is 2.34. The lowest BCUT2D eigenvalue weighted by Crippen LogP contribution is -2.46. The van der Waals surface area contributed by atoms with Crippen molar-refractivity contribution in [1.82, 2.24) is 4.98 Å². The molecule has 0 radical (unpaired) electrons. The number of rotatable bonds is 6. The van der Waals surface area contributed by atoms with E-state index in [2.05, 4.69) is 9.71 Å². The van der Waals surface area contributed by atoms with E-state index in [0.29, 0.717) is 43.1 Å². The van der Waals surface area contributed by atoms with Crippen LogP contribution in [0.15, 0.2) is 73.1 Å². The topological polar surface area (TPSA) is 65.5 Å². The minimum Gasteiger partial charge on any atom is -0.368 e. The Morgan fingerprint density at radius 1 is 0.879 bits per heavy atom. The lowest BCUT2D eigenvalue weighted by molar-refractivity contribution is -0.137. The maximum absolute atomic E-state index is 12.8. The highest BCUT2D eigenvalue weighted by Crippen LogP contribution is 2.32. The van der Waals surface area contributed by atoms with Crippen molar-refractivity contribution in [2.45, 2.75) is 11.9 Å². The third kappa shape index (κ3) is 5.75. The summed E-state index contributed by atoms with van der Waals surface area (Å²) in [6, 6.07) is 15.8. The van der Waals surface area contributed by atoms with Gasteiger partial charge in [-0.15, -0.1) is 0 Å². The molecule has 0 amide bonds. The van der Waals surface area contributed by atoms with Gasteiger partial charge >= 0.3 is 6.18 Å². The molecule has 33 heavy (non-hydrogen) atoms. The first-order chi connectivity index (χ1) is 15.7. The van der Waals surface area contributed by atoms with E-state index in [1.165, 1.54) is 18.3 Å². The molecule has 10 heteroatoms. The SMILES string of the molecule is O=S(=O)(Cc1ccccc1)Nc1cnccc1N1CCN(c2ccc(C(F)(F)F)cc2)CC1. The molecule has 174 valence electrons. The lowest BCUT2D eigenvalue weighted by atomic mass is 10.1. The van der Waals surface area contributed by atoms with E-state index in [4.69, 9.17) is 0 Å². The third-order valence-corrected chi connectivity index (χ3v) is 6.69. The van der Waals surface area contributed by atoms with Gasteiger partial charge in [-0.05, 0) is 35.9 Å². The van der Waals surface area contributed by atoms with Crippen LogP contribution in [-0.2, 0) is 22.0 Å². The van der Waals surface area contributed by atoms with Crippen molar-refractivity contribution in [2.75, 3.05) is 40.7 Å². The first kappa shape index (κ1) is 22.9. The minimum absolute atomic E-state index is 0.149. The minimum atomic E-state index is -4.36. The van der Waals surface area contributed by atoms with Crippen LogP contribution in [0.25, 0.3) is 0 Å². The van der Waals surface area contributed by atoms with Crippen LogP contribution in [0, 0.1) is 0 Å². The van der Waals surface area contributed by atoms with Crippen LogP contribution in [0.2, 0.25) is 0 Å². The summed E-state index contributed by atoms with van der Waals surface area (Å²) in [5, 5.41) is 0. The first-order valence-corrected chi connectivity index (χ1v) is 12.0. The number of hydrogen-bond donors (Lipinski definition) is 1. The standard InChI is InChI=1S/C23H23F3N4O2S/c24-23(25,26)19-6-8-20(9-7-19)29-12-14-30(15-13-29)22-10-11-27-16-21(22)28-33(31,32)17-18-4-2-1-3-5-18/h1-11,16,28H,12-15,17H2. The van der Waals surface area contributed by atoms with Gasteiger partial charge in [0, 0.05) is 38.1 Å². The number of aromatic nitrogens is 1. The third-order valence-electron chi connectivity index (χ3n) is 5.44. The Morgan fingerprint density at radius 2 is 1.52 bits per heavy atom. The van der Waals surface area contributed by atoms with Crippen LogP contribution < -0.4 is 14.5 Å². The number of piperazine rings is 1. The zero-order chi connectivity index (χ0) is 23.5. The summed E-state index contributed by atoms with van der Waals surface area (Å²) in [7, 11) is -3.64. The fraction of sp³-hybridized carbons (Fsp3) is 0.261. The average Bonchev–Trinajstić information content (AvgIpc) is 2.79. The number of anilines is 3. The molecule has 2 aromatic carbocycles. The molecule has 1 aliphatic rings. The van der Waals surface area contributed by atoms with Crippen molar-refractivity contribution in [3.63, 3.8) is 0 Å². The predicted molar refractivity (Wildman–Crippen MR) is 123 cm³/mol. The fourth-order valence-corrected chi connectivity index (χ4v) is 5.00. The molecular weight excluding hydrogens is 453 g/mol. The van der Waals surface area contributed by atoms with Gasteiger partial charge in [-0.25, -0.2) is 8.42 Å². The van der Waals surface area contributed by atoms with Crippen LogP contribution >= 0.6 is 0 Å². The zero-order valence-corrected chi connectivity index (χ0v) is 18.5. The van der Waals surface area contributed by atoms with Crippen LogP contribution in [0.1, 0.15) is 11.1 Å². The number of pyridine rings is 1. The molecule has 1 fully saturated rings. The Bertz CT molecular complexity index is 1180. The van der Waals surface area contributed by atoms with Gasteiger partial charge in [0.15, 0.2) is 0 Å². The van der Waals surface area contributed by atoms with Crippen molar-refractivity contribution < 1.29 is 21.6 Å². The number of sulfonamides is 1. The summed E-state index contributed by atoms with van der Waals surface area (Å²) in [4.78, 5) is 8.12. The van der Waals surface area contributed by atoms with Gasteiger partial charge in [-0.2, -0.15) is 13.2 Å². The van der Waals surface area contributed by atoms with E-state index in [-0.39, 0.29) is 5.75 Å². The maximum atomic E-state index is 12.8. The van der Waals surface area contributed by atoms with E-state index in [1.807, 2.05) is 15.9 Å². The average molecular weight is 477 g/mol. The number of nitrogens with zero attached hydrogens (tertiary/aromatic N) is 3. The molecule has 0 atom stereocenters. The number of hydrogen-bond acceptors (Lipinski definition) is 5. The van der Waals surface area contributed by atoms with Gasteiger partial charge in [0.25, 0.3) is 0 Å². The molecule has 0 unspecified atom stereocenters. The normalized spacial score (nSPS) is 14.9. The first-order valence-electron chi connectivity index (χ1n) is 10.4. The maximum Gasteiger partial charge on any atom is 0.416 e. The fourth-order valence-electron chi connectivity index (χ4n) is 3.81. The molecule has 0 saturated carbocycles. The Labute approximate surface area is 190 Å². The van der Waals surface area contributed by atoms with E-state index in [1.54, 1.807) is 36.5 Å². The molecule has 1 aliphatic heterocycles. The predicted octanol–water partition coefficient (Wildman–Crippen LogP) is 4.37. The number of halogens is 3. The number of alkyl halides is 3. The lowest BCUT2D eigenvalue weighted by Gasteiger charge is -2.38. The molecule has 3 aromatic rings. The van der Waals surface area contributed by atoms with E-state index >= 15 is 0 Å². The molecule has 1 saturated heterocycles. The molecule has 0 aliphatic carbocycles. The quantitative estimate of drug-likeness (QED) is 0.573. The van der Waals surface area contributed by atoms with Gasteiger partial charge in [0.2, 0.25) is 10.0 Å². The van der Waals surface area contributed by atoms with E-state index in [0.717, 1.165) is 17.8 Å². The number of benzene rings is 2. The van der Waals surface area contributed by atoms with Crippen molar-refractivity contribution in [1.29, 1.82) is 0 Å². The number of nitrogens with one attached hydrogen (secondary N) is 1. The molecule has 2 heterocycles. The second-order valence-corrected chi connectivity index (χ2v) is 9.48. The summed E-state index contributed by atoms with van der Waals surface area (Å²) in [5.41, 5.74) is 1.85. The van der Waals surface area contributed by atoms with E-state index in [9.17, 15) is 21.6 Å². The van der Waals surface area contributed by atoms with Gasteiger partial charge in [-0.3, -0.25) is 9.71 Å². The van der Waals surface area contributed by atoms with Crippen molar-refractivity contribution in [2.24, 2.45) is 0 Å². The molecule has 6 nitrogen and oxygen atoms in total. The second kappa shape index (κ2) is 9.30. The molecular formula is C23H23F3N4O2S. The summed E-state index contributed by atoms with van der Waals surface area (Å²) < 4.78 is 66.4. The second-order valence-electron chi connectivity index (χ2n) is 7.76. The summed E-state index contributed by atoms with van der Waals surface area (Å²) >= 11 is 0. The smallest absolute Gasteiger partial charge is 0.368 e. The molecule has 0 spiro atoms. The van der Waals surface area contributed by atoms with Gasteiger partial charge in [0.1, 0.15) is 0 Å². The van der Waals surface area contributed by atoms with Crippen molar-refractivity contribution in [3.8, 4) is 0 Å². The highest BCUT2D eigenvalue weighted by Gasteiger charge is 2.30. The van der Waals surface area contributed by atoms with Crippen molar-refractivity contribution >= 4 is 27.1 Å². The van der Waals surface area contributed by atoms with Gasteiger partial charge in [0.05, 0.1) is 28.9 Å². The molecule has 4 rings (SSSR count). The Balaban J connectivity index is 1.43. The Hall–Kier alpha value is -3.27. The Kier molecular flexibility index (Phi) is 6.46. The molecule has 1 N–H and O–H groups in total. The van der Waals surface area contributed by atoms with Crippen LogP contribution in [0.5, 0.6) is 0 Å². The molecule has 0 bridgehead atoms. The largest absolute Gasteiger partial charge is 0.416 e. The highest BCUT2D eigenvalue weighted by molar-refractivity contribution is 7.91. The Morgan fingerprint density at radius 3 is 2.15 bits per heavy atom.